The maximum Gasteiger partial charge on any atom is 0.104 e. The molecular formula is C16H25BrN2+2. The monoisotopic (exact) mass is 324 g/mol. The van der Waals surface area contributed by atoms with Gasteiger partial charge in [0, 0.05) is 10.0 Å². The molecule has 1 aromatic rings. The Morgan fingerprint density at radius 2 is 1.79 bits per heavy atom. The van der Waals surface area contributed by atoms with Gasteiger partial charge >= 0.3 is 0 Å². The number of hydrogen-bond donors (Lipinski definition) is 2. The van der Waals surface area contributed by atoms with E-state index in [2.05, 4.69) is 59.4 Å². The fourth-order valence-corrected chi connectivity index (χ4v) is 4.94. The van der Waals surface area contributed by atoms with Crippen molar-refractivity contribution in [2.24, 2.45) is 10.8 Å². The summed E-state index contributed by atoms with van der Waals surface area (Å²) in [4.78, 5) is 1.76. The van der Waals surface area contributed by atoms with Crippen molar-refractivity contribution < 1.29 is 10.2 Å². The summed E-state index contributed by atoms with van der Waals surface area (Å²) in [5.41, 5.74) is 2.51. The molecule has 1 aromatic carbocycles. The number of rotatable bonds is 2. The first-order chi connectivity index (χ1) is 8.98. The van der Waals surface area contributed by atoms with Gasteiger partial charge in [-0.05, 0) is 26.3 Å². The van der Waals surface area contributed by atoms with E-state index >= 15 is 0 Å². The molecule has 104 valence electrons. The van der Waals surface area contributed by atoms with Crippen LogP contribution in [0.1, 0.15) is 25.8 Å². The molecule has 3 N–H and O–H groups in total. The van der Waals surface area contributed by atoms with E-state index in [1.54, 1.807) is 4.90 Å². The molecule has 0 saturated carbocycles. The lowest BCUT2D eigenvalue weighted by Crippen LogP contribution is -3.17. The van der Waals surface area contributed by atoms with E-state index < -0.39 is 0 Å². The van der Waals surface area contributed by atoms with Gasteiger partial charge in [-0.15, -0.1) is 0 Å². The van der Waals surface area contributed by atoms with E-state index in [0.29, 0.717) is 10.8 Å². The first kappa shape index (κ1) is 13.6. The molecule has 3 rings (SSSR count). The van der Waals surface area contributed by atoms with Gasteiger partial charge in [0.2, 0.25) is 0 Å². The number of nitrogens with two attached hydrogens (primary N) is 1. The zero-order chi connectivity index (χ0) is 13.5. The van der Waals surface area contributed by atoms with Crippen molar-refractivity contribution in [2.45, 2.75) is 26.8 Å². The molecule has 2 aliphatic rings. The van der Waals surface area contributed by atoms with Crippen LogP contribution in [-0.4, -0.2) is 26.2 Å². The molecule has 2 heterocycles. The summed E-state index contributed by atoms with van der Waals surface area (Å²) < 4.78 is 1.26. The molecule has 2 saturated heterocycles. The van der Waals surface area contributed by atoms with Crippen molar-refractivity contribution in [1.82, 2.24) is 0 Å². The van der Waals surface area contributed by atoms with Crippen LogP contribution >= 0.6 is 15.9 Å². The van der Waals surface area contributed by atoms with Crippen LogP contribution in [0, 0.1) is 10.8 Å². The molecule has 3 heteroatoms. The number of quaternary nitrogens is 2. The Kier molecular flexibility index (Phi) is 3.48. The van der Waals surface area contributed by atoms with Crippen molar-refractivity contribution >= 4 is 15.9 Å². The molecule has 2 fully saturated rings. The van der Waals surface area contributed by atoms with Crippen molar-refractivity contribution in [2.75, 3.05) is 26.2 Å². The highest BCUT2D eigenvalue weighted by molar-refractivity contribution is 9.10. The number of nitrogens with one attached hydrogen (secondary N) is 1. The summed E-state index contributed by atoms with van der Waals surface area (Å²) in [7, 11) is 0. The third-order valence-corrected chi connectivity index (χ3v) is 5.65. The van der Waals surface area contributed by atoms with Crippen LogP contribution in [-0.2, 0) is 6.54 Å². The second-order valence-electron chi connectivity index (χ2n) is 7.37. The summed E-state index contributed by atoms with van der Waals surface area (Å²) in [6.45, 7) is 11.4. The fraction of sp³-hybridized carbons (Fsp3) is 0.625. The molecule has 2 aliphatic heterocycles. The van der Waals surface area contributed by atoms with Crippen LogP contribution in [0.15, 0.2) is 28.7 Å². The highest BCUT2D eigenvalue weighted by Gasteiger charge is 2.50. The Morgan fingerprint density at radius 3 is 2.42 bits per heavy atom. The van der Waals surface area contributed by atoms with Crippen LogP contribution in [0.4, 0.5) is 0 Å². The standard InChI is InChI=1S/C16H23BrN2/c1-15-8-16(2,10-18-9-15)12-19(11-15)7-13-5-3-4-6-14(13)17/h3-6,18H,7-12H2,1-2H3/p+2/t15-,16+. The van der Waals surface area contributed by atoms with E-state index in [0.717, 1.165) is 6.54 Å². The number of hydrogen-bond acceptors (Lipinski definition) is 0. The third-order valence-electron chi connectivity index (χ3n) is 4.88. The predicted octanol–water partition coefficient (Wildman–Crippen LogP) is 0.827. The number of fused-ring (bicyclic) bond motifs is 2. The van der Waals surface area contributed by atoms with Crippen molar-refractivity contribution in [1.29, 1.82) is 0 Å². The van der Waals surface area contributed by atoms with Gasteiger partial charge in [0.1, 0.15) is 6.54 Å². The van der Waals surface area contributed by atoms with E-state index in [-0.39, 0.29) is 0 Å². The second kappa shape index (κ2) is 4.87. The highest BCUT2D eigenvalue weighted by Crippen LogP contribution is 2.35. The maximum absolute atomic E-state index is 3.69. The molecule has 0 radical (unpaired) electrons. The summed E-state index contributed by atoms with van der Waals surface area (Å²) in [5, 5.41) is 2.54. The molecule has 0 aliphatic carbocycles. The molecule has 0 aromatic heterocycles. The summed E-state index contributed by atoms with van der Waals surface area (Å²) >= 11 is 3.69. The minimum Gasteiger partial charge on any atom is -0.345 e. The van der Waals surface area contributed by atoms with Crippen LogP contribution < -0.4 is 10.2 Å². The SMILES string of the molecule is C[C@]12C[NH2+]C[C@](C)(C[NH+](Cc3ccccc3Br)C1)C2. The largest absolute Gasteiger partial charge is 0.345 e. The average Bonchev–Trinajstić information content (AvgIpc) is 2.29. The summed E-state index contributed by atoms with van der Waals surface area (Å²) in [6.07, 6.45) is 1.41. The van der Waals surface area contributed by atoms with E-state index in [1.807, 2.05) is 0 Å². The lowest BCUT2D eigenvalue weighted by Gasteiger charge is -2.49. The van der Waals surface area contributed by atoms with E-state index in [9.17, 15) is 0 Å². The summed E-state index contributed by atoms with van der Waals surface area (Å²) in [6, 6.07) is 8.68. The topological polar surface area (TPSA) is 21.1 Å². The zero-order valence-electron chi connectivity index (χ0n) is 12.0. The van der Waals surface area contributed by atoms with Gasteiger partial charge in [-0.25, -0.2) is 0 Å². The van der Waals surface area contributed by atoms with Crippen LogP contribution in [0.2, 0.25) is 0 Å². The molecule has 1 unspecified atom stereocenters. The van der Waals surface area contributed by atoms with Gasteiger partial charge in [0.25, 0.3) is 0 Å². The minimum absolute atomic E-state index is 0.530. The molecular weight excluding hydrogens is 300 g/mol. The molecule has 2 bridgehead atoms. The van der Waals surface area contributed by atoms with Gasteiger partial charge in [-0.3, -0.25) is 0 Å². The molecule has 0 spiro atoms. The van der Waals surface area contributed by atoms with E-state index in [4.69, 9.17) is 0 Å². The number of benzene rings is 1. The number of halogens is 1. The normalized spacial score (nSPS) is 38.2. The van der Waals surface area contributed by atoms with Gasteiger partial charge in [0.15, 0.2) is 0 Å². The Bertz CT molecular complexity index is 458. The maximum atomic E-state index is 3.69. The summed E-state index contributed by atoms with van der Waals surface area (Å²) in [5.74, 6) is 0. The molecule has 0 amide bonds. The second-order valence-corrected chi connectivity index (χ2v) is 8.22. The van der Waals surface area contributed by atoms with Crippen LogP contribution in [0.25, 0.3) is 0 Å². The highest BCUT2D eigenvalue weighted by atomic mass is 79.9. The Balaban J connectivity index is 1.77. The van der Waals surface area contributed by atoms with Gasteiger partial charge in [-0.1, -0.05) is 34.1 Å². The lowest BCUT2D eigenvalue weighted by atomic mass is 9.66. The quantitative estimate of drug-likeness (QED) is 0.804. The smallest absolute Gasteiger partial charge is 0.104 e. The molecule has 19 heavy (non-hydrogen) atoms. The predicted molar refractivity (Wildman–Crippen MR) is 81.0 cm³/mol. The Morgan fingerprint density at radius 1 is 1.16 bits per heavy atom. The molecule has 2 nitrogen and oxygen atoms in total. The Labute approximate surface area is 124 Å². The van der Waals surface area contributed by atoms with Crippen molar-refractivity contribution in [3.63, 3.8) is 0 Å². The van der Waals surface area contributed by atoms with Gasteiger partial charge < -0.3 is 10.2 Å². The minimum atomic E-state index is 0.530. The lowest BCUT2D eigenvalue weighted by molar-refractivity contribution is -0.945. The first-order valence-corrected chi connectivity index (χ1v) is 8.16. The Hall–Kier alpha value is -0.380. The van der Waals surface area contributed by atoms with Gasteiger partial charge in [0.05, 0.1) is 37.0 Å². The first-order valence-electron chi connectivity index (χ1n) is 7.37. The fourth-order valence-electron chi connectivity index (χ4n) is 4.52. The zero-order valence-corrected chi connectivity index (χ0v) is 13.6. The van der Waals surface area contributed by atoms with Crippen molar-refractivity contribution in [3.8, 4) is 0 Å². The third kappa shape index (κ3) is 2.88. The molecule has 3 atom stereocenters. The van der Waals surface area contributed by atoms with Crippen molar-refractivity contribution in [3.05, 3.63) is 34.3 Å². The number of piperidine rings is 2. The average molecular weight is 325 g/mol. The van der Waals surface area contributed by atoms with E-state index in [1.165, 1.54) is 42.6 Å². The van der Waals surface area contributed by atoms with Gasteiger partial charge in [-0.2, -0.15) is 0 Å². The van der Waals surface area contributed by atoms with Crippen LogP contribution in [0.3, 0.4) is 0 Å². The number of likely N-dealkylation sites (tertiary alicyclic amines) is 1. The van der Waals surface area contributed by atoms with Crippen LogP contribution in [0.5, 0.6) is 0 Å².